The second-order valence-electron chi connectivity index (χ2n) is 6.60. The number of aryl methyl sites for hydroxylation is 1. The Kier molecular flexibility index (Phi) is 4.35. The molecule has 2 N–H and O–H groups in total. The average Bonchev–Trinajstić information content (AvgIpc) is 3.07. The van der Waals surface area contributed by atoms with E-state index in [1.54, 1.807) is 24.7 Å². The molecule has 1 amide bonds. The number of amides is 1. The number of benzene rings is 1. The summed E-state index contributed by atoms with van der Waals surface area (Å²) < 4.78 is 0. The van der Waals surface area contributed by atoms with Crippen LogP contribution in [0.2, 0.25) is 0 Å². The van der Waals surface area contributed by atoms with Gasteiger partial charge in [-0.15, -0.1) is 0 Å². The zero-order valence-corrected chi connectivity index (χ0v) is 14.5. The van der Waals surface area contributed by atoms with Crippen LogP contribution in [0.25, 0.3) is 0 Å². The van der Waals surface area contributed by atoms with Gasteiger partial charge in [0.1, 0.15) is 11.6 Å². The van der Waals surface area contributed by atoms with E-state index >= 15 is 0 Å². The molecule has 0 unspecified atom stereocenters. The summed E-state index contributed by atoms with van der Waals surface area (Å²) in [5.41, 5.74) is 3.39. The molecule has 132 valence electrons. The molecule has 0 saturated carbocycles. The molecule has 2 aromatic heterocycles. The maximum absolute atomic E-state index is 12.2. The Labute approximate surface area is 151 Å². The van der Waals surface area contributed by atoms with Gasteiger partial charge in [-0.05, 0) is 12.5 Å². The molecule has 4 rings (SSSR count). The molecule has 0 spiro atoms. The molecule has 0 atom stereocenters. The number of aromatic nitrogens is 4. The van der Waals surface area contributed by atoms with Crippen molar-refractivity contribution < 1.29 is 4.79 Å². The number of nitrogens with one attached hydrogen (secondary N) is 2. The SMILES string of the molecule is Cc1cccc(Cc2cncc(N3CC(C(=O)Nc4ccn[nH]4)C3)n2)c1. The Hall–Kier alpha value is -3.22. The number of H-pyrrole nitrogens is 1. The van der Waals surface area contributed by atoms with Crippen molar-refractivity contribution in [3.63, 3.8) is 0 Å². The van der Waals surface area contributed by atoms with Crippen LogP contribution < -0.4 is 10.2 Å². The number of hydrogen-bond acceptors (Lipinski definition) is 5. The van der Waals surface area contributed by atoms with E-state index in [9.17, 15) is 4.79 Å². The van der Waals surface area contributed by atoms with Gasteiger partial charge in [-0.25, -0.2) is 4.98 Å². The van der Waals surface area contributed by atoms with Crippen molar-refractivity contribution in [3.05, 3.63) is 65.7 Å². The van der Waals surface area contributed by atoms with E-state index in [-0.39, 0.29) is 11.8 Å². The van der Waals surface area contributed by atoms with E-state index in [0.29, 0.717) is 18.9 Å². The van der Waals surface area contributed by atoms with Crippen molar-refractivity contribution in [2.24, 2.45) is 5.92 Å². The van der Waals surface area contributed by atoms with Crippen molar-refractivity contribution >= 4 is 17.5 Å². The summed E-state index contributed by atoms with van der Waals surface area (Å²) in [6.45, 7) is 3.37. The van der Waals surface area contributed by atoms with Gasteiger partial charge >= 0.3 is 0 Å². The number of aromatic amines is 1. The van der Waals surface area contributed by atoms with Gasteiger partial charge in [0.25, 0.3) is 0 Å². The van der Waals surface area contributed by atoms with Crippen LogP contribution in [0, 0.1) is 12.8 Å². The molecule has 3 heterocycles. The molecular formula is C19H20N6O. The molecule has 1 aliphatic rings. The first kappa shape index (κ1) is 16.3. The van der Waals surface area contributed by atoms with Crippen LogP contribution in [0.5, 0.6) is 0 Å². The largest absolute Gasteiger partial charge is 0.354 e. The standard InChI is InChI=1S/C19H20N6O/c1-13-3-2-4-14(7-13)8-16-9-20-10-18(22-16)25-11-15(12-25)19(26)23-17-5-6-21-24-17/h2-7,9-10,15H,8,11-12H2,1H3,(H2,21,23,24,26). The summed E-state index contributed by atoms with van der Waals surface area (Å²) in [6.07, 6.45) is 5.91. The highest BCUT2D eigenvalue weighted by Crippen LogP contribution is 2.23. The fourth-order valence-electron chi connectivity index (χ4n) is 3.06. The maximum atomic E-state index is 12.2. The van der Waals surface area contributed by atoms with Gasteiger partial charge in [-0.3, -0.25) is 14.9 Å². The molecule has 0 radical (unpaired) electrons. The lowest BCUT2D eigenvalue weighted by Gasteiger charge is -2.38. The second-order valence-corrected chi connectivity index (χ2v) is 6.60. The van der Waals surface area contributed by atoms with Gasteiger partial charge in [-0.2, -0.15) is 5.10 Å². The molecule has 1 saturated heterocycles. The Morgan fingerprint density at radius 2 is 2.19 bits per heavy atom. The van der Waals surface area contributed by atoms with Crippen LogP contribution in [0.3, 0.4) is 0 Å². The highest BCUT2D eigenvalue weighted by Gasteiger charge is 2.33. The lowest BCUT2D eigenvalue weighted by atomic mass is 9.99. The minimum absolute atomic E-state index is 0.00521. The highest BCUT2D eigenvalue weighted by atomic mass is 16.2. The summed E-state index contributed by atoms with van der Waals surface area (Å²) in [6, 6.07) is 10.1. The number of rotatable bonds is 5. The third-order valence-corrected chi connectivity index (χ3v) is 4.47. The van der Waals surface area contributed by atoms with Crippen LogP contribution >= 0.6 is 0 Å². The molecule has 7 nitrogen and oxygen atoms in total. The predicted molar refractivity (Wildman–Crippen MR) is 98.9 cm³/mol. The number of carbonyl (C=O) groups excluding carboxylic acids is 1. The van der Waals surface area contributed by atoms with E-state index in [4.69, 9.17) is 4.98 Å². The van der Waals surface area contributed by atoms with Crippen LogP contribution in [0.1, 0.15) is 16.8 Å². The zero-order valence-electron chi connectivity index (χ0n) is 14.5. The van der Waals surface area contributed by atoms with E-state index in [1.165, 1.54) is 11.1 Å². The smallest absolute Gasteiger partial charge is 0.232 e. The van der Waals surface area contributed by atoms with Crippen molar-refractivity contribution in [1.29, 1.82) is 0 Å². The first-order chi connectivity index (χ1) is 12.7. The highest BCUT2D eigenvalue weighted by molar-refractivity contribution is 5.93. The Balaban J connectivity index is 1.37. The Bertz CT molecular complexity index is 902. The first-order valence-corrected chi connectivity index (χ1v) is 8.59. The van der Waals surface area contributed by atoms with Crippen molar-refractivity contribution in [2.75, 3.05) is 23.3 Å². The number of carbonyl (C=O) groups is 1. The summed E-state index contributed by atoms with van der Waals surface area (Å²) in [5, 5.41) is 9.38. The molecule has 1 fully saturated rings. The van der Waals surface area contributed by atoms with Crippen molar-refractivity contribution in [3.8, 4) is 0 Å². The van der Waals surface area contributed by atoms with E-state index in [0.717, 1.165) is 17.9 Å². The summed E-state index contributed by atoms with van der Waals surface area (Å²) >= 11 is 0. The van der Waals surface area contributed by atoms with Crippen LogP contribution in [0.4, 0.5) is 11.6 Å². The Morgan fingerprint density at radius 3 is 2.96 bits per heavy atom. The molecule has 0 bridgehead atoms. The lowest BCUT2D eigenvalue weighted by molar-refractivity contribution is -0.120. The number of hydrogen-bond donors (Lipinski definition) is 2. The minimum Gasteiger partial charge on any atom is -0.354 e. The van der Waals surface area contributed by atoms with Gasteiger partial charge in [0, 0.05) is 31.8 Å². The van der Waals surface area contributed by atoms with Gasteiger partial charge in [-0.1, -0.05) is 29.8 Å². The average molecular weight is 348 g/mol. The number of anilines is 2. The summed E-state index contributed by atoms with van der Waals surface area (Å²) in [7, 11) is 0. The van der Waals surface area contributed by atoms with E-state index in [2.05, 4.69) is 56.6 Å². The lowest BCUT2D eigenvalue weighted by Crippen LogP contribution is -2.52. The summed E-state index contributed by atoms with van der Waals surface area (Å²) in [4.78, 5) is 23.3. The zero-order chi connectivity index (χ0) is 17.9. The van der Waals surface area contributed by atoms with E-state index < -0.39 is 0 Å². The quantitative estimate of drug-likeness (QED) is 0.738. The summed E-state index contributed by atoms with van der Waals surface area (Å²) in [5.74, 6) is 1.38. The fourth-order valence-corrected chi connectivity index (χ4v) is 3.06. The monoisotopic (exact) mass is 348 g/mol. The van der Waals surface area contributed by atoms with Gasteiger partial charge in [0.15, 0.2) is 0 Å². The second kappa shape index (κ2) is 6.95. The van der Waals surface area contributed by atoms with Gasteiger partial charge in [0.05, 0.1) is 24.0 Å². The molecule has 3 aromatic rings. The predicted octanol–water partition coefficient (Wildman–Crippen LogP) is 2.17. The molecule has 26 heavy (non-hydrogen) atoms. The van der Waals surface area contributed by atoms with Gasteiger partial charge < -0.3 is 10.2 Å². The molecule has 1 aromatic carbocycles. The van der Waals surface area contributed by atoms with Gasteiger partial charge in [0.2, 0.25) is 5.91 Å². The maximum Gasteiger partial charge on any atom is 0.232 e. The van der Waals surface area contributed by atoms with Crippen LogP contribution in [0.15, 0.2) is 48.9 Å². The fraction of sp³-hybridized carbons (Fsp3) is 0.263. The minimum atomic E-state index is -0.0551. The molecule has 1 aliphatic heterocycles. The Morgan fingerprint density at radius 1 is 1.31 bits per heavy atom. The van der Waals surface area contributed by atoms with Crippen LogP contribution in [-0.4, -0.2) is 39.2 Å². The molecule has 0 aliphatic carbocycles. The van der Waals surface area contributed by atoms with E-state index in [1.807, 2.05) is 0 Å². The third kappa shape index (κ3) is 3.56. The molecular weight excluding hydrogens is 328 g/mol. The van der Waals surface area contributed by atoms with Crippen molar-refractivity contribution in [2.45, 2.75) is 13.3 Å². The number of nitrogens with zero attached hydrogens (tertiary/aromatic N) is 4. The third-order valence-electron chi connectivity index (χ3n) is 4.47. The van der Waals surface area contributed by atoms with Crippen LogP contribution in [-0.2, 0) is 11.2 Å². The first-order valence-electron chi connectivity index (χ1n) is 8.59. The normalized spacial score (nSPS) is 14.1. The molecule has 7 heteroatoms. The topological polar surface area (TPSA) is 86.8 Å². The van der Waals surface area contributed by atoms with Crippen molar-refractivity contribution in [1.82, 2.24) is 20.2 Å².